The van der Waals surface area contributed by atoms with Crippen LogP contribution in [-0.4, -0.2) is 17.7 Å². The van der Waals surface area contributed by atoms with Crippen LogP contribution < -0.4 is 4.74 Å². The van der Waals surface area contributed by atoms with E-state index in [-0.39, 0.29) is 5.56 Å². The third-order valence-corrected chi connectivity index (χ3v) is 3.40. The van der Waals surface area contributed by atoms with Crippen LogP contribution in [0.1, 0.15) is 36.5 Å². The van der Waals surface area contributed by atoms with Gasteiger partial charge < -0.3 is 9.84 Å². The second kappa shape index (κ2) is 7.59. The molecule has 22 heavy (non-hydrogen) atoms. The highest BCUT2D eigenvalue weighted by molar-refractivity contribution is 5.88. The monoisotopic (exact) mass is 302 g/mol. The maximum absolute atomic E-state index is 13.7. The molecular formula is C18H19FO3. The molecule has 3 nitrogen and oxygen atoms in total. The highest BCUT2D eigenvalue weighted by atomic mass is 19.1. The molecule has 0 spiro atoms. The van der Waals surface area contributed by atoms with E-state index in [9.17, 15) is 9.18 Å². The number of hydrogen-bond acceptors (Lipinski definition) is 2. The van der Waals surface area contributed by atoms with Crippen molar-refractivity contribution in [1.82, 2.24) is 0 Å². The van der Waals surface area contributed by atoms with Gasteiger partial charge in [0.2, 0.25) is 0 Å². The average molecular weight is 302 g/mol. The summed E-state index contributed by atoms with van der Waals surface area (Å²) < 4.78 is 19.3. The number of carboxylic acid groups (broad SMARTS) is 1. The van der Waals surface area contributed by atoms with Gasteiger partial charge in [0.05, 0.1) is 12.2 Å². The maximum Gasteiger partial charge on any atom is 0.338 e. The summed E-state index contributed by atoms with van der Waals surface area (Å²) in [7, 11) is 0. The van der Waals surface area contributed by atoms with E-state index in [4.69, 9.17) is 9.84 Å². The molecule has 0 aliphatic rings. The predicted molar refractivity (Wildman–Crippen MR) is 83.8 cm³/mol. The fourth-order valence-electron chi connectivity index (χ4n) is 2.15. The topological polar surface area (TPSA) is 46.5 Å². The molecule has 4 heteroatoms. The zero-order valence-electron chi connectivity index (χ0n) is 12.5. The molecular weight excluding hydrogens is 283 g/mol. The molecule has 0 saturated heterocycles. The number of aromatic carboxylic acids is 1. The summed E-state index contributed by atoms with van der Waals surface area (Å²) in [6.45, 7) is 2.83. The molecule has 0 aliphatic carbocycles. The van der Waals surface area contributed by atoms with Crippen molar-refractivity contribution in [2.24, 2.45) is 0 Å². The van der Waals surface area contributed by atoms with E-state index in [0.29, 0.717) is 12.2 Å². The Labute approximate surface area is 129 Å². The number of carboxylic acids is 1. The molecule has 0 unspecified atom stereocenters. The van der Waals surface area contributed by atoms with Gasteiger partial charge in [-0.25, -0.2) is 9.18 Å². The first kappa shape index (κ1) is 16.0. The number of ether oxygens (including phenoxy) is 1. The summed E-state index contributed by atoms with van der Waals surface area (Å²) in [5.41, 5.74) is 1.14. The normalized spacial score (nSPS) is 10.5. The van der Waals surface area contributed by atoms with E-state index in [1.165, 1.54) is 12.1 Å². The molecule has 0 fully saturated rings. The van der Waals surface area contributed by atoms with Crippen LogP contribution in [-0.2, 0) is 0 Å². The molecule has 0 bridgehead atoms. The first-order valence-corrected chi connectivity index (χ1v) is 7.38. The largest absolute Gasteiger partial charge is 0.494 e. The Bertz CT molecular complexity index is 635. The van der Waals surface area contributed by atoms with Crippen LogP contribution in [0, 0.1) is 5.82 Å². The van der Waals surface area contributed by atoms with Gasteiger partial charge in [-0.05, 0) is 41.8 Å². The number of hydrogen-bond donors (Lipinski definition) is 1. The minimum absolute atomic E-state index is 0.320. The third-order valence-electron chi connectivity index (χ3n) is 3.40. The van der Waals surface area contributed by atoms with E-state index in [2.05, 4.69) is 6.92 Å². The average Bonchev–Trinajstić information content (AvgIpc) is 2.52. The zero-order chi connectivity index (χ0) is 15.9. The van der Waals surface area contributed by atoms with Crippen molar-refractivity contribution in [2.45, 2.75) is 26.2 Å². The molecule has 0 aromatic heterocycles. The van der Waals surface area contributed by atoms with Crippen molar-refractivity contribution in [2.75, 3.05) is 6.61 Å². The summed E-state index contributed by atoms with van der Waals surface area (Å²) in [6.07, 6.45) is 3.33. The highest BCUT2D eigenvalue weighted by Gasteiger charge is 2.11. The van der Waals surface area contributed by atoms with Crippen LogP contribution in [0.25, 0.3) is 11.1 Å². The Kier molecular flexibility index (Phi) is 5.53. The number of carbonyl (C=O) groups is 1. The summed E-state index contributed by atoms with van der Waals surface area (Å²) in [4.78, 5) is 10.8. The maximum atomic E-state index is 13.7. The molecule has 2 rings (SSSR count). The van der Waals surface area contributed by atoms with Crippen molar-refractivity contribution in [1.29, 1.82) is 0 Å². The predicted octanol–water partition coefficient (Wildman–Crippen LogP) is 4.76. The van der Waals surface area contributed by atoms with Crippen LogP contribution in [0.3, 0.4) is 0 Å². The zero-order valence-corrected chi connectivity index (χ0v) is 12.5. The molecule has 116 valence electrons. The molecule has 2 aromatic rings. The van der Waals surface area contributed by atoms with Gasteiger partial charge in [0.1, 0.15) is 11.6 Å². The molecule has 0 radical (unpaired) electrons. The van der Waals surface area contributed by atoms with Crippen molar-refractivity contribution in [3.8, 4) is 16.9 Å². The fourth-order valence-corrected chi connectivity index (χ4v) is 2.15. The van der Waals surface area contributed by atoms with E-state index in [1.807, 2.05) is 24.3 Å². The lowest BCUT2D eigenvalue weighted by atomic mass is 10.0. The van der Waals surface area contributed by atoms with E-state index in [0.717, 1.165) is 30.6 Å². The Hall–Kier alpha value is -2.36. The van der Waals surface area contributed by atoms with E-state index < -0.39 is 11.8 Å². The van der Waals surface area contributed by atoms with Crippen LogP contribution in [0.2, 0.25) is 0 Å². The van der Waals surface area contributed by atoms with E-state index >= 15 is 0 Å². The van der Waals surface area contributed by atoms with Gasteiger partial charge >= 0.3 is 5.97 Å². The quantitative estimate of drug-likeness (QED) is 0.750. The molecule has 0 amide bonds. The fraction of sp³-hybridized carbons (Fsp3) is 0.278. The Morgan fingerprint density at radius 1 is 1.09 bits per heavy atom. The Balaban J connectivity index is 2.07. The minimum Gasteiger partial charge on any atom is -0.494 e. The minimum atomic E-state index is -1.26. The Morgan fingerprint density at radius 2 is 1.77 bits per heavy atom. The van der Waals surface area contributed by atoms with E-state index in [1.54, 1.807) is 6.07 Å². The molecule has 1 N–H and O–H groups in total. The summed E-state index contributed by atoms with van der Waals surface area (Å²) in [5, 5.41) is 8.83. The Morgan fingerprint density at radius 3 is 2.36 bits per heavy atom. The van der Waals surface area contributed by atoms with Crippen LogP contribution in [0.5, 0.6) is 5.75 Å². The van der Waals surface area contributed by atoms with Crippen molar-refractivity contribution < 1.29 is 19.0 Å². The van der Waals surface area contributed by atoms with Crippen LogP contribution in [0.4, 0.5) is 4.39 Å². The molecule has 0 atom stereocenters. The lowest BCUT2D eigenvalue weighted by molar-refractivity contribution is 0.0692. The van der Waals surface area contributed by atoms with Crippen LogP contribution in [0.15, 0.2) is 42.5 Å². The lowest BCUT2D eigenvalue weighted by Crippen LogP contribution is -2.00. The van der Waals surface area contributed by atoms with Gasteiger partial charge in [0.15, 0.2) is 0 Å². The van der Waals surface area contributed by atoms with Crippen molar-refractivity contribution in [3.05, 3.63) is 53.8 Å². The van der Waals surface area contributed by atoms with Gasteiger partial charge in [-0.15, -0.1) is 0 Å². The van der Waals surface area contributed by atoms with Gasteiger partial charge in [-0.2, -0.15) is 0 Å². The molecule has 2 aromatic carbocycles. The summed E-state index contributed by atoms with van der Waals surface area (Å²) >= 11 is 0. The van der Waals surface area contributed by atoms with Gasteiger partial charge in [-0.1, -0.05) is 38.0 Å². The third kappa shape index (κ3) is 4.07. The number of rotatable bonds is 7. The summed E-state index contributed by atoms with van der Waals surface area (Å²) in [6, 6.07) is 11.5. The first-order valence-electron chi connectivity index (χ1n) is 7.38. The van der Waals surface area contributed by atoms with Crippen molar-refractivity contribution in [3.63, 3.8) is 0 Å². The standard InChI is InChI=1S/C18H19FO3/c1-2-3-4-11-22-15-8-5-13(6-9-15)14-7-10-16(18(20)21)17(19)12-14/h5-10,12H,2-4,11H2,1H3,(H,20,21). The summed E-state index contributed by atoms with van der Waals surface area (Å²) in [5.74, 6) is -1.22. The highest BCUT2D eigenvalue weighted by Crippen LogP contribution is 2.24. The first-order chi connectivity index (χ1) is 10.6. The molecule has 0 saturated carbocycles. The van der Waals surface area contributed by atoms with Crippen molar-refractivity contribution >= 4 is 5.97 Å². The molecule has 0 aliphatic heterocycles. The SMILES string of the molecule is CCCCCOc1ccc(-c2ccc(C(=O)O)c(F)c2)cc1. The molecule has 0 heterocycles. The smallest absolute Gasteiger partial charge is 0.338 e. The second-order valence-electron chi connectivity index (χ2n) is 5.08. The second-order valence-corrected chi connectivity index (χ2v) is 5.08. The van der Waals surface area contributed by atoms with Gasteiger partial charge in [-0.3, -0.25) is 0 Å². The lowest BCUT2D eigenvalue weighted by Gasteiger charge is -2.08. The van der Waals surface area contributed by atoms with Gasteiger partial charge in [0, 0.05) is 0 Å². The number of unbranched alkanes of at least 4 members (excludes halogenated alkanes) is 2. The number of halogens is 1. The number of benzene rings is 2. The van der Waals surface area contributed by atoms with Crippen LogP contribution >= 0.6 is 0 Å². The van der Waals surface area contributed by atoms with Gasteiger partial charge in [0.25, 0.3) is 0 Å².